The predicted octanol–water partition coefficient (Wildman–Crippen LogP) is 1.39. The Bertz CT molecular complexity index is 597. The van der Waals surface area contributed by atoms with Gasteiger partial charge in [0.15, 0.2) is 5.78 Å². The van der Waals surface area contributed by atoms with Gasteiger partial charge in [-0.25, -0.2) is 0 Å². The molecule has 4 nitrogen and oxygen atoms in total. The van der Waals surface area contributed by atoms with Crippen molar-refractivity contribution in [3.8, 4) is 0 Å². The molecule has 1 aliphatic rings. The number of hydrogen-bond donors (Lipinski definition) is 1. The standard InChI is InChI=1S/C14H14N2O2/c15-12-8-18-7-11(12)14(17)10-5-9-3-1-2-4-13(9)16-6-10/h1-6,11-12H,7-8,15H2. The number of nitrogens with two attached hydrogens (primary N) is 1. The van der Waals surface area contributed by atoms with E-state index in [1.54, 1.807) is 6.20 Å². The molecule has 0 radical (unpaired) electrons. The first-order valence-corrected chi connectivity index (χ1v) is 5.98. The van der Waals surface area contributed by atoms with Crippen LogP contribution in [0.5, 0.6) is 0 Å². The Morgan fingerprint density at radius 2 is 2.17 bits per heavy atom. The van der Waals surface area contributed by atoms with E-state index < -0.39 is 0 Å². The minimum absolute atomic E-state index is 0.0262. The van der Waals surface area contributed by atoms with Gasteiger partial charge in [0, 0.05) is 23.2 Å². The lowest BCUT2D eigenvalue weighted by atomic mass is 9.94. The van der Waals surface area contributed by atoms with Crippen LogP contribution in [0.3, 0.4) is 0 Å². The van der Waals surface area contributed by atoms with E-state index in [1.165, 1.54) is 0 Å². The number of carbonyl (C=O) groups is 1. The molecule has 0 spiro atoms. The number of Topliss-reactive ketones (excluding diaryl/α,β-unsaturated/α-hetero) is 1. The normalized spacial score (nSPS) is 23.4. The number of rotatable bonds is 2. The van der Waals surface area contributed by atoms with E-state index in [-0.39, 0.29) is 17.7 Å². The van der Waals surface area contributed by atoms with E-state index in [4.69, 9.17) is 10.5 Å². The average molecular weight is 242 g/mol. The van der Waals surface area contributed by atoms with Gasteiger partial charge in [-0.3, -0.25) is 9.78 Å². The topological polar surface area (TPSA) is 65.2 Å². The summed E-state index contributed by atoms with van der Waals surface area (Å²) in [6.07, 6.45) is 1.62. The molecule has 18 heavy (non-hydrogen) atoms. The third-order valence-electron chi connectivity index (χ3n) is 3.34. The summed E-state index contributed by atoms with van der Waals surface area (Å²) in [7, 11) is 0. The molecule has 92 valence electrons. The van der Waals surface area contributed by atoms with Crippen LogP contribution in [0, 0.1) is 5.92 Å². The second-order valence-electron chi connectivity index (χ2n) is 4.59. The highest BCUT2D eigenvalue weighted by molar-refractivity contribution is 6.00. The predicted molar refractivity (Wildman–Crippen MR) is 68.4 cm³/mol. The molecule has 1 aromatic carbocycles. The van der Waals surface area contributed by atoms with Gasteiger partial charge in [0.05, 0.1) is 24.6 Å². The molecule has 1 aromatic heterocycles. The smallest absolute Gasteiger partial charge is 0.171 e. The molecule has 0 amide bonds. The number of aromatic nitrogens is 1. The largest absolute Gasteiger partial charge is 0.379 e. The summed E-state index contributed by atoms with van der Waals surface area (Å²) in [5.41, 5.74) is 7.36. The van der Waals surface area contributed by atoms with Crippen molar-refractivity contribution in [3.05, 3.63) is 42.1 Å². The second-order valence-corrected chi connectivity index (χ2v) is 4.59. The lowest BCUT2D eigenvalue weighted by Crippen LogP contribution is -2.34. The van der Waals surface area contributed by atoms with Crippen molar-refractivity contribution in [2.75, 3.05) is 13.2 Å². The number of para-hydroxylation sites is 1. The molecular weight excluding hydrogens is 228 g/mol. The second kappa shape index (κ2) is 4.48. The summed E-state index contributed by atoms with van der Waals surface area (Å²) in [5, 5.41) is 0.968. The minimum atomic E-state index is -0.243. The van der Waals surface area contributed by atoms with E-state index in [2.05, 4.69) is 4.98 Å². The highest BCUT2D eigenvalue weighted by Crippen LogP contribution is 2.20. The summed E-state index contributed by atoms with van der Waals surface area (Å²) >= 11 is 0. The van der Waals surface area contributed by atoms with Crippen LogP contribution in [0.15, 0.2) is 36.5 Å². The fraction of sp³-hybridized carbons (Fsp3) is 0.286. The van der Waals surface area contributed by atoms with Crippen molar-refractivity contribution in [3.63, 3.8) is 0 Å². The highest BCUT2D eigenvalue weighted by atomic mass is 16.5. The number of carbonyl (C=O) groups excluding carboxylic acids is 1. The Kier molecular flexibility index (Phi) is 2.81. The molecule has 0 bridgehead atoms. The van der Waals surface area contributed by atoms with Gasteiger partial charge in [-0.05, 0) is 12.1 Å². The summed E-state index contributed by atoms with van der Waals surface area (Å²) in [6, 6.07) is 9.40. The molecule has 0 aliphatic carbocycles. The quantitative estimate of drug-likeness (QED) is 0.808. The van der Waals surface area contributed by atoms with Crippen molar-refractivity contribution >= 4 is 16.7 Å². The molecule has 3 rings (SSSR count). The molecule has 0 saturated carbocycles. The maximum absolute atomic E-state index is 12.3. The van der Waals surface area contributed by atoms with Gasteiger partial charge in [-0.1, -0.05) is 18.2 Å². The number of ether oxygens (including phenoxy) is 1. The van der Waals surface area contributed by atoms with Crippen molar-refractivity contribution in [1.29, 1.82) is 0 Å². The van der Waals surface area contributed by atoms with Crippen LogP contribution in [0.25, 0.3) is 10.9 Å². The maximum Gasteiger partial charge on any atom is 0.171 e. The molecule has 2 N–H and O–H groups in total. The molecule has 2 heterocycles. The minimum Gasteiger partial charge on any atom is -0.379 e. The number of ketones is 1. The lowest BCUT2D eigenvalue weighted by molar-refractivity contribution is 0.0896. The van der Waals surface area contributed by atoms with E-state index in [9.17, 15) is 4.79 Å². The first-order valence-electron chi connectivity index (χ1n) is 5.98. The molecular formula is C14H14N2O2. The zero-order chi connectivity index (χ0) is 12.5. The van der Waals surface area contributed by atoms with Crippen molar-refractivity contribution < 1.29 is 9.53 Å². The van der Waals surface area contributed by atoms with Gasteiger partial charge in [0.2, 0.25) is 0 Å². The Hall–Kier alpha value is -1.78. The van der Waals surface area contributed by atoms with Crippen LogP contribution >= 0.6 is 0 Å². The fourth-order valence-electron chi connectivity index (χ4n) is 2.26. The van der Waals surface area contributed by atoms with Gasteiger partial charge < -0.3 is 10.5 Å². The molecule has 2 atom stereocenters. The first-order chi connectivity index (χ1) is 8.75. The van der Waals surface area contributed by atoms with E-state index in [0.29, 0.717) is 18.8 Å². The molecule has 1 saturated heterocycles. The fourth-order valence-corrected chi connectivity index (χ4v) is 2.26. The molecule has 2 unspecified atom stereocenters. The SMILES string of the molecule is NC1COCC1C(=O)c1cnc2ccccc2c1. The van der Waals surface area contributed by atoms with Gasteiger partial charge in [0.25, 0.3) is 0 Å². The van der Waals surface area contributed by atoms with Crippen molar-refractivity contribution in [2.45, 2.75) is 6.04 Å². The van der Waals surface area contributed by atoms with Crippen molar-refractivity contribution in [2.24, 2.45) is 11.7 Å². The first kappa shape index (κ1) is 11.3. The molecule has 4 heteroatoms. The van der Waals surface area contributed by atoms with E-state index in [0.717, 1.165) is 10.9 Å². The number of benzene rings is 1. The Labute approximate surface area is 105 Å². The summed E-state index contributed by atoms with van der Waals surface area (Å²) in [4.78, 5) is 16.6. The van der Waals surface area contributed by atoms with Crippen LogP contribution in [0.1, 0.15) is 10.4 Å². The lowest BCUT2D eigenvalue weighted by Gasteiger charge is -2.11. The summed E-state index contributed by atoms with van der Waals surface area (Å²) in [6.45, 7) is 0.865. The van der Waals surface area contributed by atoms with Gasteiger partial charge in [-0.15, -0.1) is 0 Å². The third-order valence-corrected chi connectivity index (χ3v) is 3.34. The third kappa shape index (κ3) is 1.89. The van der Waals surface area contributed by atoms with Crippen LogP contribution in [-0.4, -0.2) is 30.0 Å². The number of fused-ring (bicyclic) bond motifs is 1. The summed E-state index contributed by atoms with van der Waals surface area (Å²) < 4.78 is 5.23. The Morgan fingerprint density at radius 1 is 1.33 bits per heavy atom. The van der Waals surface area contributed by atoms with E-state index >= 15 is 0 Å². The van der Waals surface area contributed by atoms with E-state index in [1.807, 2.05) is 30.3 Å². The van der Waals surface area contributed by atoms with Gasteiger partial charge in [-0.2, -0.15) is 0 Å². The zero-order valence-corrected chi connectivity index (χ0v) is 9.87. The van der Waals surface area contributed by atoms with Gasteiger partial charge >= 0.3 is 0 Å². The zero-order valence-electron chi connectivity index (χ0n) is 9.87. The number of nitrogens with zero attached hydrogens (tertiary/aromatic N) is 1. The van der Waals surface area contributed by atoms with Crippen LogP contribution in [-0.2, 0) is 4.74 Å². The van der Waals surface area contributed by atoms with Crippen molar-refractivity contribution in [1.82, 2.24) is 4.98 Å². The van der Waals surface area contributed by atoms with Gasteiger partial charge in [0.1, 0.15) is 0 Å². The number of hydrogen-bond acceptors (Lipinski definition) is 4. The monoisotopic (exact) mass is 242 g/mol. The Balaban J connectivity index is 1.96. The molecule has 2 aromatic rings. The highest BCUT2D eigenvalue weighted by Gasteiger charge is 2.32. The average Bonchev–Trinajstić information content (AvgIpc) is 2.83. The molecule has 1 aliphatic heterocycles. The Morgan fingerprint density at radius 3 is 2.94 bits per heavy atom. The molecule has 1 fully saturated rings. The van der Waals surface area contributed by atoms with Crippen LogP contribution in [0.2, 0.25) is 0 Å². The maximum atomic E-state index is 12.3. The van der Waals surface area contributed by atoms with Crippen LogP contribution in [0.4, 0.5) is 0 Å². The number of pyridine rings is 1. The summed E-state index contributed by atoms with van der Waals surface area (Å²) in [5.74, 6) is -0.216. The van der Waals surface area contributed by atoms with Crippen LogP contribution < -0.4 is 5.73 Å².